The Kier molecular flexibility index (Phi) is 3.50. The standard InChI is InChI=1S/C17H21N3/c1-14-5-4-6-15(13-14)19-9-11-20(12-10-19)17-8-3-2-7-16(17)18/h2-8,13H,9-12,18H2,1H3. The maximum atomic E-state index is 6.06. The van der Waals surface area contributed by atoms with E-state index in [-0.39, 0.29) is 0 Å². The molecule has 1 heterocycles. The van der Waals surface area contributed by atoms with Crippen molar-refractivity contribution in [3.63, 3.8) is 0 Å². The maximum absolute atomic E-state index is 6.06. The maximum Gasteiger partial charge on any atom is 0.0601 e. The lowest BCUT2D eigenvalue weighted by Crippen LogP contribution is -2.46. The van der Waals surface area contributed by atoms with Gasteiger partial charge in [-0.1, -0.05) is 24.3 Å². The molecule has 0 aliphatic carbocycles. The van der Waals surface area contributed by atoms with Gasteiger partial charge in [0.05, 0.1) is 11.4 Å². The Morgan fingerprint density at radius 2 is 1.55 bits per heavy atom. The smallest absolute Gasteiger partial charge is 0.0601 e. The number of aryl methyl sites for hydroxylation is 1. The first kappa shape index (κ1) is 12.9. The average molecular weight is 267 g/mol. The molecule has 0 amide bonds. The fourth-order valence-corrected chi connectivity index (χ4v) is 2.81. The molecule has 3 heteroatoms. The summed E-state index contributed by atoms with van der Waals surface area (Å²) in [6.45, 7) is 6.25. The summed E-state index contributed by atoms with van der Waals surface area (Å²) in [6, 6.07) is 16.9. The van der Waals surface area contributed by atoms with Gasteiger partial charge in [-0.3, -0.25) is 0 Å². The predicted octanol–water partition coefficient (Wildman–Crippen LogP) is 2.90. The first-order valence-corrected chi connectivity index (χ1v) is 7.15. The second kappa shape index (κ2) is 5.45. The van der Waals surface area contributed by atoms with Gasteiger partial charge in [-0.05, 0) is 36.8 Å². The Labute approximate surface area is 120 Å². The minimum atomic E-state index is 0.872. The van der Waals surface area contributed by atoms with Crippen LogP contribution in [0.25, 0.3) is 0 Å². The van der Waals surface area contributed by atoms with Crippen LogP contribution in [0.15, 0.2) is 48.5 Å². The van der Waals surface area contributed by atoms with E-state index in [2.05, 4.69) is 53.1 Å². The Balaban J connectivity index is 1.70. The van der Waals surface area contributed by atoms with E-state index < -0.39 is 0 Å². The van der Waals surface area contributed by atoms with Gasteiger partial charge in [-0.2, -0.15) is 0 Å². The molecule has 1 saturated heterocycles. The van der Waals surface area contributed by atoms with E-state index in [0.29, 0.717) is 0 Å². The van der Waals surface area contributed by atoms with Gasteiger partial charge in [0.1, 0.15) is 0 Å². The Bertz CT molecular complexity index is 586. The zero-order chi connectivity index (χ0) is 13.9. The molecule has 0 bridgehead atoms. The zero-order valence-electron chi connectivity index (χ0n) is 11.9. The Morgan fingerprint density at radius 1 is 0.850 bits per heavy atom. The monoisotopic (exact) mass is 267 g/mol. The molecule has 0 saturated carbocycles. The molecule has 0 unspecified atom stereocenters. The van der Waals surface area contributed by atoms with Crippen LogP contribution in [0, 0.1) is 6.92 Å². The Hall–Kier alpha value is -2.16. The third-order valence-corrected chi connectivity index (χ3v) is 3.92. The highest BCUT2D eigenvalue weighted by molar-refractivity contribution is 5.68. The molecule has 2 aromatic rings. The van der Waals surface area contributed by atoms with Crippen molar-refractivity contribution >= 4 is 17.1 Å². The Morgan fingerprint density at radius 3 is 2.25 bits per heavy atom. The number of nitrogen functional groups attached to an aromatic ring is 1. The van der Waals surface area contributed by atoms with Gasteiger partial charge in [-0.25, -0.2) is 0 Å². The molecule has 20 heavy (non-hydrogen) atoms. The van der Waals surface area contributed by atoms with Gasteiger partial charge in [0.15, 0.2) is 0 Å². The van der Waals surface area contributed by atoms with E-state index in [1.165, 1.54) is 11.3 Å². The SMILES string of the molecule is Cc1cccc(N2CCN(c3ccccc3N)CC2)c1. The largest absolute Gasteiger partial charge is 0.397 e. The fourth-order valence-electron chi connectivity index (χ4n) is 2.81. The molecule has 0 radical (unpaired) electrons. The van der Waals surface area contributed by atoms with Crippen molar-refractivity contribution in [2.24, 2.45) is 0 Å². The van der Waals surface area contributed by atoms with Gasteiger partial charge in [0.2, 0.25) is 0 Å². The van der Waals surface area contributed by atoms with E-state index in [1.54, 1.807) is 0 Å². The van der Waals surface area contributed by atoms with Crippen LogP contribution in [0.2, 0.25) is 0 Å². The molecule has 104 valence electrons. The molecule has 0 aromatic heterocycles. The average Bonchev–Trinajstić information content (AvgIpc) is 2.48. The van der Waals surface area contributed by atoms with Gasteiger partial charge in [-0.15, -0.1) is 0 Å². The van der Waals surface area contributed by atoms with Crippen molar-refractivity contribution in [2.45, 2.75) is 6.92 Å². The van der Waals surface area contributed by atoms with Crippen LogP contribution >= 0.6 is 0 Å². The van der Waals surface area contributed by atoms with Gasteiger partial charge in [0.25, 0.3) is 0 Å². The molecule has 1 fully saturated rings. The molecular weight excluding hydrogens is 246 g/mol. The number of nitrogens with two attached hydrogens (primary N) is 1. The van der Waals surface area contributed by atoms with Crippen LogP contribution in [0.3, 0.4) is 0 Å². The summed E-state index contributed by atoms with van der Waals surface area (Å²) in [5.74, 6) is 0. The van der Waals surface area contributed by atoms with Crippen LogP contribution < -0.4 is 15.5 Å². The summed E-state index contributed by atoms with van der Waals surface area (Å²) in [7, 11) is 0. The quantitative estimate of drug-likeness (QED) is 0.849. The summed E-state index contributed by atoms with van der Waals surface area (Å²) in [6.07, 6.45) is 0. The third kappa shape index (κ3) is 2.57. The summed E-state index contributed by atoms with van der Waals surface area (Å²) in [4.78, 5) is 4.82. The number of hydrogen-bond donors (Lipinski definition) is 1. The van der Waals surface area contributed by atoms with Crippen molar-refractivity contribution in [3.05, 3.63) is 54.1 Å². The molecule has 0 atom stereocenters. The molecule has 3 rings (SSSR count). The second-order valence-corrected chi connectivity index (χ2v) is 5.37. The summed E-state index contributed by atoms with van der Waals surface area (Å²) >= 11 is 0. The summed E-state index contributed by atoms with van der Waals surface area (Å²) in [5.41, 5.74) is 10.7. The van der Waals surface area contributed by atoms with Gasteiger partial charge in [0, 0.05) is 31.9 Å². The lowest BCUT2D eigenvalue weighted by molar-refractivity contribution is 0.654. The minimum Gasteiger partial charge on any atom is -0.397 e. The lowest BCUT2D eigenvalue weighted by Gasteiger charge is -2.38. The highest BCUT2D eigenvalue weighted by Crippen LogP contribution is 2.25. The van der Waals surface area contributed by atoms with Crippen LogP contribution in [0.1, 0.15) is 5.56 Å². The lowest BCUT2D eigenvalue weighted by atomic mass is 10.1. The number of hydrogen-bond acceptors (Lipinski definition) is 3. The van der Waals surface area contributed by atoms with Crippen molar-refractivity contribution in [3.8, 4) is 0 Å². The fraction of sp³-hybridized carbons (Fsp3) is 0.294. The number of rotatable bonds is 2. The third-order valence-electron chi connectivity index (χ3n) is 3.92. The number of anilines is 3. The molecular formula is C17H21N3. The van der Waals surface area contributed by atoms with Gasteiger partial charge >= 0.3 is 0 Å². The molecule has 1 aliphatic heterocycles. The normalized spacial score (nSPS) is 15.4. The van der Waals surface area contributed by atoms with Gasteiger partial charge < -0.3 is 15.5 Å². The van der Waals surface area contributed by atoms with Crippen molar-refractivity contribution in [1.82, 2.24) is 0 Å². The van der Waals surface area contributed by atoms with Crippen LogP contribution in [0.4, 0.5) is 17.1 Å². The topological polar surface area (TPSA) is 32.5 Å². The zero-order valence-corrected chi connectivity index (χ0v) is 11.9. The molecule has 2 N–H and O–H groups in total. The van der Waals surface area contributed by atoms with E-state index in [0.717, 1.165) is 37.6 Å². The van der Waals surface area contributed by atoms with E-state index >= 15 is 0 Å². The van der Waals surface area contributed by atoms with E-state index in [9.17, 15) is 0 Å². The molecule has 3 nitrogen and oxygen atoms in total. The van der Waals surface area contributed by atoms with Crippen LogP contribution in [-0.2, 0) is 0 Å². The summed E-state index contributed by atoms with van der Waals surface area (Å²) in [5, 5.41) is 0. The minimum absolute atomic E-state index is 0.872. The van der Waals surface area contributed by atoms with Crippen molar-refractivity contribution < 1.29 is 0 Å². The summed E-state index contributed by atoms with van der Waals surface area (Å²) < 4.78 is 0. The van der Waals surface area contributed by atoms with E-state index in [4.69, 9.17) is 5.73 Å². The van der Waals surface area contributed by atoms with Crippen LogP contribution in [0.5, 0.6) is 0 Å². The van der Waals surface area contributed by atoms with E-state index in [1.807, 2.05) is 12.1 Å². The predicted molar refractivity (Wildman–Crippen MR) is 86.5 cm³/mol. The highest BCUT2D eigenvalue weighted by atomic mass is 15.3. The number of benzene rings is 2. The first-order valence-electron chi connectivity index (χ1n) is 7.15. The molecule has 0 spiro atoms. The number of nitrogens with zero attached hydrogens (tertiary/aromatic N) is 2. The molecule has 1 aliphatic rings. The second-order valence-electron chi connectivity index (χ2n) is 5.37. The number of para-hydroxylation sites is 2. The number of piperazine rings is 1. The first-order chi connectivity index (χ1) is 9.74. The van der Waals surface area contributed by atoms with Crippen molar-refractivity contribution in [1.29, 1.82) is 0 Å². The van der Waals surface area contributed by atoms with Crippen molar-refractivity contribution in [2.75, 3.05) is 41.7 Å². The molecule has 2 aromatic carbocycles. The van der Waals surface area contributed by atoms with Crippen LogP contribution in [-0.4, -0.2) is 26.2 Å². The highest BCUT2D eigenvalue weighted by Gasteiger charge is 2.18.